The minimum absolute atomic E-state index is 0.565. The molecule has 0 saturated heterocycles. The van der Waals surface area contributed by atoms with Crippen LogP contribution in [0.15, 0.2) is 22.7 Å². The van der Waals surface area contributed by atoms with Gasteiger partial charge in [-0.1, -0.05) is 0 Å². The summed E-state index contributed by atoms with van der Waals surface area (Å²) < 4.78 is 26.0. The average Bonchev–Trinajstić information content (AvgIpc) is 1.94. The van der Waals surface area contributed by atoms with E-state index in [1.807, 2.05) is 6.07 Å². The summed E-state index contributed by atoms with van der Waals surface area (Å²) in [5.74, 6) is 0. The molecule has 6 heteroatoms. The molecule has 0 heterocycles. The highest BCUT2D eigenvalue weighted by atomic mass is 127. The second kappa shape index (κ2) is 4.14. The van der Waals surface area contributed by atoms with Gasteiger partial charge in [0.2, 0.25) is 10.0 Å². The second-order valence-electron chi connectivity index (χ2n) is 2.50. The lowest BCUT2D eigenvalue weighted by molar-refractivity contribution is 0.607. The summed E-state index contributed by atoms with van der Waals surface area (Å²) in [7, 11) is -3.18. The number of hydrogen-bond donors (Lipinski definition) is 1. The van der Waals surface area contributed by atoms with Gasteiger partial charge in [-0.3, -0.25) is 4.72 Å². The Morgan fingerprint density at radius 1 is 1.46 bits per heavy atom. The van der Waals surface area contributed by atoms with Gasteiger partial charge in [-0.25, -0.2) is 8.42 Å². The fraction of sp³-hybridized carbons (Fsp3) is 0.143. The molecule has 0 fully saturated rings. The number of nitrogens with one attached hydrogen (secondary N) is 1. The monoisotopic (exact) mass is 375 g/mol. The highest BCUT2D eigenvalue weighted by molar-refractivity contribution is 14.1. The molecule has 1 rings (SSSR count). The molecule has 0 aliphatic carbocycles. The van der Waals surface area contributed by atoms with Crippen LogP contribution < -0.4 is 4.72 Å². The molecular weight excluding hydrogens is 369 g/mol. The van der Waals surface area contributed by atoms with Crippen molar-refractivity contribution in [3.63, 3.8) is 0 Å². The van der Waals surface area contributed by atoms with Crippen molar-refractivity contribution < 1.29 is 8.42 Å². The van der Waals surface area contributed by atoms with Crippen molar-refractivity contribution in [1.82, 2.24) is 0 Å². The summed E-state index contributed by atoms with van der Waals surface area (Å²) in [4.78, 5) is 0. The zero-order valence-corrected chi connectivity index (χ0v) is 11.3. The predicted molar refractivity (Wildman–Crippen MR) is 65.3 cm³/mol. The molecule has 0 aliphatic heterocycles. The molecule has 0 unspecified atom stereocenters. The number of anilines is 1. The highest BCUT2D eigenvalue weighted by Crippen LogP contribution is 2.23. The van der Waals surface area contributed by atoms with Gasteiger partial charge >= 0.3 is 0 Å². The molecule has 0 radical (unpaired) electrons. The molecule has 0 spiro atoms. The van der Waals surface area contributed by atoms with E-state index in [-0.39, 0.29) is 0 Å². The lowest BCUT2D eigenvalue weighted by Crippen LogP contribution is -2.09. The maximum absolute atomic E-state index is 10.9. The van der Waals surface area contributed by atoms with Crippen molar-refractivity contribution >= 4 is 54.2 Å². The minimum atomic E-state index is -3.18. The van der Waals surface area contributed by atoms with Crippen LogP contribution in [0.3, 0.4) is 0 Å². The molecular formula is C7H7BrINO2S. The van der Waals surface area contributed by atoms with Crippen LogP contribution in [0.2, 0.25) is 0 Å². The number of benzene rings is 1. The fourth-order valence-electron chi connectivity index (χ4n) is 0.774. The first-order chi connectivity index (χ1) is 5.88. The Morgan fingerprint density at radius 3 is 2.54 bits per heavy atom. The SMILES string of the molecule is CS(=O)(=O)Nc1ccc(I)c(Br)c1. The molecule has 13 heavy (non-hydrogen) atoms. The van der Waals surface area contributed by atoms with Gasteiger partial charge in [0.05, 0.1) is 6.26 Å². The molecule has 0 bridgehead atoms. The lowest BCUT2D eigenvalue weighted by Gasteiger charge is -2.04. The van der Waals surface area contributed by atoms with Crippen LogP contribution in [0, 0.1) is 3.57 Å². The number of halogens is 2. The van der Waals surface area contributed by atoms with E-state index in [0.717, 1.165) is 14.3 Å². The molecule has 1 aromatic rings. The van der Waals surface area contributed by atoms with Gasteiger partial charge in [-0.15, -0.1) is 0 Å². The summed E-state index contributed by atoms with van der Waals surface area (Å²) in [6.45, 7) is 0. The standard InChI is InChI=1S/C7H7BrINO2S/c1-13(11,12)10-5-2-3-7(9)6(8)4-5/h2-4,10H,1H3. The lowest BCUT2D eigenvalue weighted by atomic mass is 10.3. The zero-order chi connectivity index (χ0) is 10.1. The number of rotatable bonds is 2. The molecule has 0 aliphatic rings. The van der Waals surface area contributed by atoms with E-state index in [4.69, 9.17) is 0 Å². The summed E-state index contributed by atoms with van der Waals surface area (Å²) in [5, 5.41) is 0. The Bertz CT molecular complexity index is 419. The van der Waals surface area contributed by atoms with E-state index < -0.39 is 10.0 Å². The van der Waals surface area contributed by atoms with Crippen molar-refractivity contribution in [3.05, 3.63) is 26.2 Å². The third-order valence-corrected chi connectivity index (χ3v) is 4.17. The largest absolute Gasteiger partial charge is 0.284 e. The van der Waals surface area contributed by atoms with Crippen molar-refractivity contribution in [1.29, 1.82) is 0 Å². The van der Waals surface area contributed by atoms with E-state index in [0.29, 0.717) is 5.69 Å². The van der Waals surface area contributed by atoms with Gasteiger partial charge in [-0.05, 0) is 56.7 Å². The van der Waals surface area contributed by atoms with E-state index in [1.54, 1.807) is 12.1 Å². The predicted octanol–water partition coefficient (Wildman–Crippen LogP) is 2.43. The zero-order valence-electron chi connectivity index (χ0n) is 6.71. The van der Waals surface area contributed by atoms with Crippen LogP contribution >= 0.6 is 38.5 Å². The van der Waals surface area contributed by atoms with E-state index in [1.165, 1.54) is 0 Å². The van der Waals surface area contributed by atoms with E-state index >= 15 is 0 Å². The number of hydrogen-bond acceptors (Lipinski definition) is 2. The Kier molecular flexibility index (Phi) is 3.58. The topological polar surface area (TPSA) is 46.2 Å². The maximum Gasteiger partial charge on any atom is 0.229 e. The molecule has 3 nitrogen and oxygen atoms in total. The molecule has 0 atom stereocenters. The summed E-state index contributed by atoms with van der Waals surface area (Å²) in [6, 6.07) is 5.27. The molecule has 0 aromatic heterocycles. The van der Waals surface area contributed by atoms with Crippen molar-refractivity contribution in [2.75, 3.05) is 11.0 Å². The quantitative estimate of drug-likeness (QED) is 0.807. The van der Waals surface area contributed by atoms with Crippen molar-refractivity contribution in [3.8, 4) is 0 Å². The van der Waals surface area contributed by atoms with Crippen molar-refractivity contribution in [2.24, 2.45) is 0 Å². The minimum Gasteiger partial charge on any atom is -0.284 e. The van der Waals surface area contributed by atoms with Crippen LogP contribution in [0.25, 0.3) is 0 Å². The van der Waals surface area contributed by atoms with Crippen LogP contribution in [0.4, 0.5) is 5.69 Å². The Balaban J connectivity index is 2.99. The fourth-order valence-corrected chi connectivity index (χ4v) is 2.04. The molecule has 1 N–H and O–H groups in total. The van der Waals surface area contributed by atoms with E-state index in [2.05, 4.69) is 43.2 Å². The first kappa shape index (κ1) is 11.3. The molecule has 1 aromatic carbocycles. The Hall–Kier alpha value is 0.180. The average molecular weight is 376 g/mol. The summed E-state index contributed by atoms with van der Waals surface area (Å²) in [6.07, 6.45) is 1.12. The van der Waals surface area contributed by atoms with E-state index in [9.17, 15) is 8.42 Å². The van der Waals surface area contributed by atoms with Gasteiger partial charge in [0.15, 0.2) is 0 Å². The summed E-state index contributed by atoms with van der Waals surface area (Å²) >= 11 is 5.47. The molecule has 72 valence electrons. The first-order valence-corrected chi connectivity index (χ1v) is 7.07. The molecule has 0 amide bonds. The van der Waals surface area contributed by atoms with Crippen LogP contribution in [-0.4, -0.2) is 14.7 Å². The van der Waals surface area contributed by atoms with Gasteiger partial charge in [0, 0.05) is 13.7 Å². The second-order valence-corrected chi connectivity index (χ2v) is 6.27. The smallest absolute Gasteiger partial charge is 0.229 e. The van der Waals surface area contributed by atoms with Gasteiger partial charge in [-0.2, -0.15) is 0 Å². The Labute approximate surface area is 99.2 Å². The first-order valence-electron chi connectivity index (χ1n) is 3.31. The van der Waals surface area contributed by atoms with Crippen LogP contribution in [0.1, 0.15) is 0 Å². The van der Waals surface area contributed by atoms with Crippen molar-refractivity contribution in [2.45, 2.75) is 0 Å². The van der Waals surface area contributed by atoms with Gasteiger partial charge in [0.25, 0.3) is 0 Å². The Morgan fingerprint density at radius 2 is 2.08 bits per heavy atom. The third kappa shape index (κ3) is 3.82. The highest BCUT2D eigenvalue weighted by Gasteiger charge is 2.03. The normalized spacial score (nSPS) is 11.3. The van der Waals surface area contributed by atoms with Gasteiger partial charge < -0.3 is 0 Å². The third-order valence-electron chi connectivity index (χ3n) is 1.22. The van der Waals surface area contributed by atoms with Gasteiger partial charge in [0.1, 0.15) is 0 Å². The maximum atomic E-state index is 10.9. The van der Waals surface area contributed by atoms with Crippen LogP contribution in [0.5, 0.6) is 0 Å². The number of sulfonamides is 1. The molecule has 0 saturated carbocycles. The van der Waals surface area contributed by atoms with Crippen LogP contribution in [-0.2, 0) is 10.0 Å². The summed E-state index contributed by atoms with van der Waals surface area (Å²) in [5.41, 5.74) is 0.565.